The van der Waals surface area contributed by atoms with Gasteiger partial charge in [-0.3, -0.25) is 4.79 Å². The SMILES string of the molecule is Nc1ccc(-c2nc(C(=O)NCC3CC3)co2)cc1. The summed E-state index contributed by atoms with van der Waals surface area (Å²) in [6, 6.07) is 7.17. The molecule has 1 aliphatic carbocycles. The molecule has 3 N–H and O–H groups in total. The minimum atomic E-state index is -0.183. The molecule has 2 aromatic rings. The van der Waals surface area contributed by atoms with E-state index in [1.807, 2.05) is 12.1 Å². The fourth-order valence-corrected chi connectivity index (χ4v) is 1.79. The maximum Gasteiger partial charge on any atom is 0.273 e. The summed E-state index contributed by atoms with van der Waals surface area (Å²) < 4.78 is 5.32. The van der Waals surface area contributed by atoms with Crippen molar-refractivity contribution in [2.75, 3.05) is 12.3 Å². The summed E-state index contributed by atoms with van der Waals surface area (Å²) in [5.41, 5.74) is 7.41. The van der Waals surface area contributed by atoms with Gasteiger partial charge in [-0.25, -0.2) is 4.98 Å². The number of hydrogen-bond donors (Lipinski definition) is 2. The van der Waals surface area contributed by atoms with Crippen LogP contribution in [0.4, 0.5) is 5.69 Å². The zero-order valence-electron chi connectivity index (χ0n) is 10.4. The van der Waals surface area contributed by atoms with Gasteiger partial charge in [-0.1, -0.05) is 0 Å². The third-order valence-electron chi connectivity index (χ3n) is 3.14. The van der Waals surface area contributed by atoms with E-state index in [1.54, 1.807) is 12.1 Å². The lowest BCUT2D eigenvalue weighted by Gasteiger charge is -1.99. The highest BCUT2D eigenvalue weighted by Crippen LogP contribution is 2.27. The number of oxazole rings is 1. The predicted octanol–water partition coefficient (Wildman–Crippen LogP) is 2.06. The number of nitrogens with zero attached hydrogens (tertiary/aromatic N) is 1. The molecule has 1 saturated carbocycles. The molecule has 1 aliphatic rings. The molecule has 1 heterocycles. The Morgan fingerprint density at radius 3 is 2.79 bits per heavy atom. The Hall–Kier alpha value is -2.30. The molecule has 19 heavy (non-hydrogen) atoms. The molecule has 1 aromatic heterocycles. The zero-order chi connectivity index (χ0) is 13.2. The number of benzene rings is 1. The minimum Gasteiger partial charge on any atom is -0.444 e. The van der Waals surface area contributed by atoms with Crippen LogP contribution in [0.5, 0.6) is 0 Å². The highest BCUT2D eigenvalue weighted by Gasteiger charge is 2.22. The Bertz CT molecular complexity index is 585. The lowest BCUT2D eigenvalue weighted by Crippen LogP contribution is -2.25. The number of nitrogen functional groups attached to an aromatic ring is 1. The molecule has 0 atom stereocenters. The molecule has 0 saturated heterocycles. The molecular formula is C14H15N3O2. The van der Waals surface area contributed by atoms with E-state index in [2.05, 4.69) is 10.3 Å². The maximum absolute atomic E-state index is 11.8. The van der Waals surface area contributed by atoms with Crippen LogP contribution in [0, 0.1) is 5.92 Å². The van der Waals surface area contributed by atoms with E-state index in [4.69, 9.17) is 10.2 Å². The van der Waals surface area contributed by atoms with Gasteiger partial charge in [0, 0.05) is 17.8 Å². The third-order valence-corrected chi connectivity index (χ3v) is 3.14. The second-order valence-electron chi connectivity index (χ2n) is 4.81. The molecule has 0 radical (unpaired) electrons. The molecule has 1 fully saturated rings. The molecule has 0 bridgehead atoms. The van der Waals surface area contributed by atoms with Crippen molar-refractivity contribution in [1.82, 2.24) is 10.3 Å². The van der Waals surface area contributed by atoms with Crippen LogP contribution >= 0.6 is 0 Å². The zero-order valence-corrected chi connectivity index (χ0v) is 10.4. The first-order chi connectivity index (χ1) is 9.22. The summed E-state index contributed by atoms with van der Waals surface area (Å²) in [7, 11) is 0. The number of aromatic nitrogens is 1. The normalized spacial score (nSPS) is 14.3. The summed E-state index contributed by atoms with van der Waals surface area (Å²) in [5.74, 6) is 0.890. The van der Waals surface area contributed by atoms with Crippen molar-refractivity contribution in [3.8, 4) is 11.5 Å². The molecule has 0 unspecified atom stereocenters. The van der Waals surface area contributed by atoms with Crippen LogP contribution in [0.1, 0.15) is 23.3 Å². The van der Waals surface area contributed by atoms with Gasteiger partial charge in [-0.05, 0) is 43.0 Å². The van der Waals surface area contributed by atoms with Crippen molar-refractivity contribution in [3.05, 3.63) is 36.2 Å². The Kier molecular flexibility index (Phi) is 2.95. The van der Waals surface area contributed by atoms with Gasteiger partial charge in [0.15, 0.2) is 5.69 Å². The molecular weight excluding hydrogens is 242 g/mol. The summed E-state index contributed by atoms with van der Waals surface area (Å²) in [4.78, 5) is 16.0. The van der Waals surface area contributed by atoms with Crippen molar-refractivity contribution in [1.29, 1.82) is 0 Å². The number of amides is 1. The topological polar surface area (TPSA) is 81.1 Å². The highest BCUT2D eigenvalue weighted by atomic mass is 16.3. The average molecular weight is 257 g/mol. The summed E-state index contributed by atoms with van der Waals surface area (Å²) in [5, 5.41) is 2.85. The lowest BCUT2D eigenvalue weighted by atomic mass is 10.2. The lowest BCUT2D eigenvalue weighted by molar-refractivity contribution is 0.0947. The number of carbonyl (C=O) groups is 1. The Morgan fingerprint density at radius 2 is 2.11 bits per heavy atom. The quantitative estimate of drug-likeness (QED) is 0.821. The van der Waals surface area contributed by atoms with Crippen LogP contribution in [0.3, 0.4) is 0 Å². The van der Waals surface area contributed by atoms with Crippen molar-refractivity contribution in [3.63, 3.8) is 0 Å². The molecule has 5 nitrogen and oxygen atoms in total. The van der Waals surface area contributed by atoms with Gasteiger partial charge in [-0.2, -0.15) is 0 Å². The predicted molar refractivity (Wildman–Crippen MR) is 71.4 cm³/mol. The average Bonchev–Trinajstić information content (AvgIpc) is 3.12. The van der Waals surface area contributed by atoms with E-state index in [0.717, 1.165) is 12.1 Å². The van der Waals surface area contributed by atoms with Crippen molar-refractivity contribution >= 4 is 11.6 Å². The van der Waals surface area contributed by atoms with E-state index >= 15 is 0 Å². The molecule has 3 rings (SSSR count). The van der Waals surface area contributed by atoms with Gasteiger partial charge in [-0.15, -0.1) is 0 Å². The van der Waals surface area contributed by atoms with Crippen LogP contribution in [-0.4, -0.2) is 17.4 Å². The van der Waals surface area contributed by atoms with E-state index in [1.165, 1.54) is 19.1 Å². The summed E-state index contributed by atoms with van der Waals surface area (Å²) in [6.07, 6.45) is 3.79. The number of nitrogens with one attached hydrogen (secondary N) is 1. The number of carbonyl (C=O) groups excluding carboxylic acids is 1. The summed E-state index contributed by atoms with van der Waals surface area (Å²) >= 11 is 0. The Morgan fingerprint density at radius 1 is 1.37 bits per heavy atom. The van der Waals surface area contributed by atoms with Crippen LogP contribution in [0.15, 0.2) is 34.9 Å². The number of rotatable bonds is 4. The molecule has 98 valence electrons. The van der Waals surface area contributed by atoms with E-state index in [-0.39, 0.29) is 5.91 Å². The van der Waals surface area contributed by atoms with E-state index in [0.29, 0.717) is 23.2 Å². The van der Waals surface area contributed by atoms with Crippen LogP contribution in [-0.2, 0) is 0 Å². The number of hydrogen-bond acceptors (Lipinski definition) is 4. The first-order valence-electron chi connectivity index (χ1n) is 6.32. The van der Waals surface area contributed by atoms with Crippen LogP contribution < -0.4 is 11.1 Å². The number of nitrogens with two attached hydrogens (primary N) is 1. The van der Waals surface area contributed by atoms with E-state index in [9.17, 15) is 4.79 Å². The molecule has 0 aliphatic heterocycles. The fourth-order valence-electron chi connectivity index (χ4n) is 1.79. The monoisotopic (exact) mass is 257 g/mol. The molecule has 0 spiro atoms. The van der Waals surface area contributed by atoms with Crippen LogP contribution in [0.2, 0.25) is 0 Å². The first kappa shape index (κ1) is 11.8. The molecule has 1 amide bonds. The number of anilines is 1. The van der Waals surface area contributed by atoms with Crippen LogP contribution in [0.25, 0.3) is 11.5 Å². The molecule has 1 aromatic carbocycles. The minimum absolute atomic E-state index is 0.183. The summed E-state index contributed by atoms with van der Waals surface area (Å²) in [6.45, 7) is 0.725. The standard InChI is InChI=1S/C14H15N3O2/c15-11-5-3-10(4-6-11)14-17-12(8-19-14)13(18)16-7-9-1-2-9/h3-6,8-9H,1-2,7,15H2,(H,16,18). The second kappa shape index (κ2) is 4.76. The van der Waals surface area contributed by atoms with Crippen molar-refractivity contribution in [2.24, 2.45) is 5.92 Å². The third kappa shape index (κ3) is 2.76. The smallest absolute Gasteiger partial charge is 0.273 e. The fraction of sp³-hybridized carbons (Fsp3) is 0.286. The van der Waals surface area contributed by atoms with Crippen molar-refractivity contribution < 1.29 is 9.21 Å². The van der Waals surface area contributed by atoms with Gasteiger partial charge < -0.3 is 15.5 Å². The van der Waals surface area contributed by atoms with E-state index < -0.39 is 0 Å². The van der Waals surface area contributed by atoms with Crippen molar-refractivity contribution in [2.45, 2.75) is 12.8 Å². The van der Waals surface area contributed by atoms with Gasteiger partial charge in [0.25, 0.3) is 5.91 Å². The van der Waals surface area contributed by atoms with Gasteiger partial charge in [0.05, 0.1) is 0 Å². The van der Waals surface area contributed by atoms with Gasteiger partial charge in [0.1, 0.15) is 6.26 Å². The highest BCUT2D eigenvalue weighted by molar-refractivity contribution is 5.92. The Balaban J connectivity index is 1.71. The molecule has 5 heteroatoms. The Labute approximate surface area is 110 Å². The van der Waals surface area contributed by atoms with Gasteiger partial charge >= 0.3 is 0 Å². The maximum atomic E-state index is 11.8. The largest absolute Gasteiger partial charge is 0.444 e. The first-order valence-corrected chi connectivity index (χ1v) is 6.32. The second-order valence-corrected chi connectivity index (χ2v) is 4.81. The van der Waals surface area contributed by atoms with Gasteiger partial charge in [0.2, 0.25) is 5.89 Å².